The van der Waals surface area contributed by atoms with Gasteiger partial charge in [-0.15, -0.1) is 5.10 Å². The van der Waals surface area contributed by atoms with Crippen LogP contribution in [-0.2, 0) is 6.54 Å². The lowest BCUT2D eigenvalue weighted by molar-refractivity contribution is 0.632. The minimum atomic E-state index is 0.164. The predicted octanol–water partition coefficient (Wildman–Crippen LogP) is 2.79. The highest BCUT2D eigenvalue weighted by Gasteiger charge is 2.17. The van der Waals surface area contributed by atoms with Gasteiger partial charge in [0.1, 0.15) is 5.82 Å². The number of anilines is 1. The van der Waals surface area contributed by atoms with Gasteiger partial charge in [-0.2, -0.15) is 10.2 Å². The molecule has 1 unspecified atom stereocenters. The zero-order chi connectivity index (χ0) is 14.0. The Morgan fingerprint density at radius 3 is 2.47 bits per heavy atom. The van der Waals surface area contributed by atoms with Gasteiger partial charge in [-0.3, -0.25) is 4.68 Å². The van der Waals surface area contributed by atoms with Crippen molar-refractivity contribution < 1.29 is 0 Å². The van der Waals surface area contributed by atoms with Crippen molar-refractivity contribution >= 4 is 5.82 Å². The van der Waals surface area contributed by atoms with E-state index in [-0.39, 0.29) is 6.04 Å². The molecule has 2 heterocycles. The second kappa shape index (κ2) is 5.38. The Kier molecular flexibility index (Phi) is 3.83. The summed E-state index contributed by atoms with van der Waals surface area (Å²) in [5.41, 5.74) is 4.44. The van der Waals surface area contributed by atoms with Gasteiger partial charge in [0, 0.05) is 17.8 Å². The van der Waals surface area contributed by atoms with Crippen LogP contribution in [0, 0.1) is 20.8 Å². The van der Waals surface area contributed by atoms with Crippen molar-refractivity contribution in [2.75, 3.05) is 5.32 Å². The molecular weight excluding hydrogens is 238 g/mol. The molecule has 0 aliphatic rings. The molecule has 19 heavy (non-hydrogen) atoms. The highest BCUT2D eigenvalue weighted by Crippen LogP contribution is 2.24. The van der Waals surface area contributed by atoms with Gasteiger partial charge >= 0.3 is 0 Å². The molecule has 0 radical (unpaired) electrons. The molecule has 0 amide bonds. The largest absolute Gasteiger partial charge is 0.362 e. The van der Waals surface area contributed by atoms with Gasteiger partial charge in [0.2, 0.25) is 0 Å². The molecule has 1 atom stereocenters. The third-order valence-corrected chi connectivity index (χ3v) is 3.33. The standard InChI is InChI=1S/C14H21N5/c1-6-19-12(5)14(11(4)18-19)10(3)15-13-8-7-9(2)16-17-13/h7-8,10H,6H2,1-5H3,(H,15,17). The third kappa shape index (κ3) is 2.75. The smallest absolute Gasteiger partial charge is 0.149 e. The van der Waals surface area contributed by atoms with Crippen LogP contribution in [0.1, 0.15) is 42.5 Å². The molecule has 0 saturated carbocycles. The van der Waals surface area contributed by atoms with Crippen LogP contribution in [0.25, 0.3) is 0 Å². The first kappa shape index (κ1) is 13.5. The number of hydrogen-bond acceptors (Lipinski definition) is 4. The van der Waals surface area contributed by atoms with Crippen molar-refractivity contribution in [3.63, 3.8) is 0 Å². The van der Waals surface area contributed by atoms with E-state index in [0.29, 0.717) is 0 Å². The summed E-state index contributed by atoms with van der Waals surface area (Å²) >= 11 is 0. The zero-order valence-electron chi connectivity index (χ0n) is 12.2. The molecule has 2 aromatic rings. The van der Waals surface area contributed by atoms with E-state index in [4.69, 9.17) is 0 Å². The fourth-order valence-corrected chi connectivity index (χ4v) is 2.42. The van der Waals surface area contributed by atoms with Crippen LogP contribution in [0.3, 0.4) is 0 Å². The third-order valence-electron chi connectivity index (χ3n) is 3.33. The van der Waals surface area contributed by atoms with Gasteiger partial charge < -0.3 is 5.32 Å². The Balaban J connectivity index is 2.22. The lowest BCUT2D eigenvalue weighted by Gasteiger charge is -2.15. The van der Waals surface area contributed by atoms with Crippen LogP contribution in [0.15, 0.2) is 12.1 Å². The topological polar surface area (TPSA) is 55.6 Å². The zero-order valence-corrected chi connectivity index (χ0v) is 12.2. The van der Waals surface area contributed by atoms with Crippen LogP contribution >= 0.6 is 0 Å². The first-order valence-corrected chi connectivity index (χ1v) is 6.63. The van der Waals surface area contributed by atoms with E-state index in [2.05, 4.69) is 41.4 Å². The fraction of sp³-hybridized carbons (Fsp3) is 0.500. The molecule has 102 valence electrons. The van der Waals surface area contributed by atoms with Crippen molar-refractivity contribution in [1.82, 2.24) is 20.0 Å². The average Bonchev–Trinajstić information content (AvgIpc) is 2.67. The number of aryl methyl sites for hydroxylation is 3. The molecule has 0 aliphatic carbocycles. The minimum absolute atomic E-state index is 0.164. The van der Waals surface area contributed by atoms with Gasteiger partial charge in [-0.25, -0.2) is 0 Å². The van der Waals surface area contributed by atoms with Crippen LogP contribution in [-0.4, -0.2) is 20.0 Å². The van der Waals surface area contributed by atoms with Gasteiger partial charge in [0.05, 0.1) is 17.4 Å². The van der Waals surface area contributed by atoms with Crippen LogP contribution < -0.4 is 5.32 Å². The van der Waals surface area contributed by atoms with E-state index in [9.17, 15) is 0 Å². The summed E-state index contributed by atoms with van der Waals surface area (Å²) in [7, 11) is 0. The molecule has 2 aromatic heterocycles. The normalized spacial score (nSPS) is 12.5. The van der Waals surface area contributed by atoms with Crippen LogP contribution in [0.4, 0.5) is 5.82 Å². The first-order chi connectivity index (χ1) is 9.02. The van der Waals surface area contributed by atoms with E-state index < -0.39 is 0 Å². The maximum atomic E-state index is 4.55. The molecule has 0 bridgehead atoms. The summed E-state index contributed by atoms with van der Waals surface area (Å²) in [4.78, 5) is 0. The molecule has 0 spiro atoms. The highest BCUT2D eigenvalue weighted by atomic mass is 15.3. The average molecular weight is 259 g/mol. The van der Waals surface area contributed by atoms with Crippen LogP contribution in [0.5, 0.6) is 0 Å². The Morgan fingerprint density at radius 2 is 1.95 bits per heavy atom. The summed E-state index contributed by atoms with van der Waals surface area (Å²) < 4.78 is 2.03. The van der Waals surface area contributed by atoms with Gasteiger partial charge in [0.15, 0.2) is 0 Å². The van der Waals surface area contributed by atoms with Gasteiger partial charge in [-0.1, -0.05) is 0 Å². The summed E-state index contributed by atoms with van der Waals surface area (Å²) in [6, 6.07) is 4.07. The fourth-order valence-electron chi connectivity index (χ4n) is 2.42. The number of nitrogens with zero attached hydrogens (tertiary/aromatic N) is 4. The highest BCUT2D eigenvalue weighted by molar-refractivity contribution is 5.39. The molecule has 5 heteroatoms. The van der Waals surface area contributed by atoms with Crippen LogP contribution in [0.2, 0.25) is 0 Å². The monoisotopic (exact) mass is 259 g/mol. The number of aromatic nitrogens is 4. The Hall–Kier alpha value is -1.91. The summed E-state index contributed by atoms with van der Waals surface area (Å²) in [6.07, 6.45) is 0. The van der Waals surface area contributed by atoms with Crippen molar-refractivity contribution in [2.45, 2.75) is 47.2 Å². The maximum absolute atomic E-state index is 4.55. The van der Waals surface area contributed by atoms with Gasteiger partial charge in [-0.05, 0) is 46.8 Å². The summed E-state index contributed by atoms with van der Waals surface area (Å²) in [5.74, 6) is 0.793. The van der Waals surface area contributed by atoms with Crippen molar-refractivity contribution in [3.8, 4) is 0 Å². The SMILES string of the molecule is CCn1nc(C)c(C(C)Nc2ccc(C)nn2)c1C. The van der Waals surface area contributed by atoms with E-state index in [1.807, 2.05) is 30.7 Å². The first-order valence-electron chi connectivity index (χ1n) is 6.63. The van der Waals surface area contributed by atoms with Crippen molar-refractivity contribution in [3.05, 3.63) is 34.8 Å². The van der Waals surface area contributed by atoms with E-state index in [1.54, 1.807) is 0 Å². The number of nitrogens with one attached hydrogen (secondary N) is 1. The summed E-state index contributed by atoms with van der Waals surface area (Å²) in [6.45, 7) is 11.2. The lowest BCUT2D eigenvalue weighted by Crippen LogP contribution is -2.11. The maximum Gasteiger partial charge on any atom is 0.149 e. The molecule has 2 rings (SSSR count). The van der Waals surface area contributed by atoms with E-state index in [0.717, 1.165) is 23.8 Å². The quantitative estimate of drug-likeness (QED) is 0.917. The lowest BCUT2D eigenvalue weighted by atomic mass is 10.1. The molecule has 5 nitrogen and oxygen atoms in total. The van der Waals surface area contributed by atoms with E-state index in [1.165, 1.54) is 11.3 Å². The second-order valence-corrected chi connectivity index (χ2v) is 4.83. The second-order valence-electron chi connectivity index (χ2n) is 4.83. The molecule has 1 N–H and O–H groups in total. The number of hydrogen-bond donors (Lipinski definition) is 1. The molecular formula is C14H21N5. The number of rotatable bonds is 4. The predicted molar refractivity (Wildman–Crippen MR) is 76.2 cm³/mol. The molecule has 0 aliphatic heterocycles. The molecule has 0 saturated heterocycles. The van der Waals surface area contributed by atoms with E-state index >= 15 is 0 Å². The molecule has 0 aromatic carbocycles. The minimum Gasteiger partial charge on any atom is -0.362 e. The Bertz CT molecular complexity index is 556. The van der Waals surface area contributed by atoms with Gasteiger partial charge in [0.25, 0.3) is 0 Å². The Morgan fingerprint density at radius 1 is 1.21 bits per heavy atom. The van der Waals surface area contributed by atoms with Crippen molar-refractivity contribution in [2.24, 2.45) is 0 Å². The van der Waals surface area contributed by atoms with Crippen molar-refractivity contribution in [1.29, 1.82) is 0 Å². The summed E-state index contributed by atoms with van der Waals surface area (Å²) in [5, 5.41) is 16.1. The molecule has 0 fully saturated rings. The Labute approximate surface area is 114 Å².